The van der Waals surface area contributed by atoms with Crippen LogP contribution in [0.3, 0.4) is 0 Å². The zero-order valence-corrected chi connectivity index (χ0v) is 9.43. The van der Waals surface area contributed by atoms with E-state index in [2.05, 4.69) is 39.6 Å². The van der Waals surface area contributed by atoms with Crippen molar-refractivity contribution in [2.24, 2.45) is 11.8 Å². The summed E-state index contributed by atoms with van der Waals surface area (Å²) in [6.45, 7) is 11.6. The molecule has 0 heterocycles. The molecule has 0 aliphatic heterocycles. The number of hydrogen-bond acceptors (Lipinski definition) is 1. The summed E-state index contributed by atoms with van der Waals surface area (Å²) in [5.74, 6) is 1.74. The van der Waals surface area contributed by atoms with Gasteiger partial charge in [-0.2, -0.15) is 0 Å². The lowest BCUT2D eigenvalue weighted by Gasteiger charge is -2.18. The van der Waals surface area contributed by atoms with Gasteiger partial charge in [0, 0.05) is 0 Å². The molecule has 0 aliphatic carbocycles. The van der Waals surface area contributed by atoms with Crippen molar-refractivity contribution in [3.63, 3.8) is 0 Å². The van der Waals surface area contributed by atoms with Gasteiger partial charge in [0.2, 0.25) is 0 Å². The van der Waals surface area contributed by atoms with Crippen molar-refractivity contribution < 1.29 is 0 Å². The van der Waals surface area contributed by atoms with E-state index in [-0.39, 0.29) is 0 Å². The molecule has 0 saturated carbocycles. The topological polar surface area (TPSA) is 3.24 Å². The van der Waals surface area contributed by atoms with E-state index in [0.717, 1.165) is 11.8 Å². The van der Waals surface area contributed by atoms with Crippen molar-refractivity contribution in [1.82, 2.24) is 4.90 Å². The van der Waals surface area contributed by atoms with Crippen molar-refractivity contribution in [3.8, 4) is 0 Å². The van der Waals surface area contributed by atoms with Crippen LogP contribution in [0.1, 0.15) is 40.5 Å². The van der Waals surface area contributed by atoms with Gasteiger partial charge in [-0.15, -0.1) is 0 Å². The molecule has 1 atom stereocenters. The maximum Gasteiger partial charge on any atom is -0.00194 e. The first kappa shape index (κ1) is 12.0. The second-order valence-corrected chi connectivity index (χ2v) is 4.42. The van der Waals surface area contributed by atoms with Gasteiger partial charge in [0.1, 0.15) is 0 Å². The zero-order chi connectivity index (χ0) is 9.56. The van der Waals surface area contributed by atoms with Gasteiger partial charge in [-0.1, -0.05) is 27.7 Å². The van der Waals surface area contributed by atoms with Gasteiger partial charge >= 0.3 is 0 Å². The fraction of sp³-hybridized carbons (Fsp3) is 1.00. The molecular weight excluding hydrogens is 146 g/mol. The summed E-state index contributed by atoms with van der Waals surface area (Å²) < 4.78 is 0. The van der Waals surface area contributed by atoms with Gasteiger partial charge in [0.15, 0.2) is 0 Å². The lowest BCUT2D eigenvalue weighted by atomic mass is 9.96. The van der Waals surface area contributed by atoms with Crippen LogP contribution in [0.5, 0.6) is 0 Å². The third-order valence-corrected chi connectivity index (χ3v) is 2.42. The van der Waals surface area contributed by atoms with Crippen LogP contribution >= 0.6 is 0 Å². The normalized spacial score (nSPS) is 14.2. The fourth-order valence-electron chi connectivity index (χ4n) is 1.52. The molecule has 1 unspecified atom stereocenters. The highest BCUT2D eigenvalue weighted by atomic mass is 15.1. The van der Waals surface area contributed by atoms with Crippen LogP contribution in [0, 0.1) is 11.8 Å². The summed E-state index contributed by atoms with van der Waals surface area (Å²) in [6.07, 6.45) is 2.72. The van der Waals surface area contributed by atoms with Crippen LogP contribution in [-0.4, -0.2) is 25.0 Å². The summed E-state index contributed by atoms with van der Waals surface area (Å²) in [5, 5.41) is 0. The van der Waals surface area contributed by atoms with Crippen molar-refractivity contribution in [2.45, 2.75) is 40.5 Å². The van der Waals surface area contributed by atoms with Gasteiger partial charge in [-0.3, -0.25) is 0 Å². The van der Waals surface area contributed by atoms with Crippen molar-refractivity contribution in [1.29, 1.82) is 0 Å². The molecule has 1 nitrogen and oxygen atoms in total. The Kier molecular flexibility index (Phi) is 6.45. The highest BCUT2D eigenvalue weighted by Gasteiger charge is 2.05. The van der Waals surface area contributed by atoms with E-state index in [1.54, 1.807) is 0 Å². The molecule has 0 radical (unpaired) electrons. The van der Waals surface area contributed by atoms with Crippen LogP contribution in [0.4, 0.5) is 0 Å². The van der Waals surface area contributed by atoms with E-state index in [1.807, 2.05) is 0 Å². The Bertz CT molecular complexity index is 99.2. The van der Waals surface area contributed by atoms with Crippen LogP contribution in [0.15, 0.2) is 0 Å². The molecule has 0 saturated heterocycles. The molecule has 0 aromatic rings. The molecule has 0 N–H and O–H groups in total. The molecule has 0 aromatic heterocycles. The van der Waals surface area contributed by atoms with Crippen LogP contribution in [0.25, 0.3) is 0 Å². The molecule has 1 heteroatoms. The van der Waals surface area contributed by atoms with Gasteiger partial charge in [0.05, 0.1) is 0 Å². The largest absolute Gasteiger partial charge is 0.307 e. The molecule has 0 rings (SSSR count). The van der Waals surface area contributed by atoms with Gasteiger partial charge in [-0.05, 0) is 44.8 Å². The molecule has 0 aromatic carbocycles. The lowest BCUT2D eigenvalue weighted by Crippen LogP contribution is -2.20. The average Bonchev–Trinajstić information content (AvgIpc) is 1.99. The average molecular weight is 171 g/mol. The van der Waals surface area contributed by atoms with E-state index in [9.17, 15) is 0 Å². The number of nitrogens with zero attached hydrogens (tertiary/aromatic N) is 1. The van der Waals surface area contributed by atoms with E-state index >= 15 is 0 Å². The van der Waals surface area contributed by atoms with Crippen LogP contribution in [0.2, 0.25) is 0 Å². The minimum atomic E-state index is 0.854. The number of rotatable bonds is 6. The van der Waals surface area contributed by atoms with Crippen molar-refractivity contribution in [2.75, 3.05) is 20.1 Å². The molecular formula is C11H25N. The molecule has 12 heavy (non-hydrogen) atoms. The first-order valence-electron chi connectivity index (χ1n) is 5.24. The smallest absolute Gasteiger partial charge is 0.00194 e. The van der Waals surface area contributed by atoms with Crippen molar-refractivity contribution in [3.05, 3.63) is 0 Å². The third kappa shape index (κ3) is 6.66. The highest BCUT2D eigenvalue weighted by molar-refractivity contribution is 4.58. The van der Waals surface area contributed by atoms with Crippen LogP contribution < -0.4 is 0 Å². The Hall–Kier alpha value is -0.0400. The zero-order valence-electron chi connectivity index (χ0n) is 9.43. The predicted molar refractivity (Wildman–Crippen MR) is 56.4 cm³/mol. The van der Waals surface area contributed by atoms with Gasteiger partial charge < -0.3 is 4.90 Å². The first-order valence-corrected chi connectivity index (χ1v) is 5.24. The van der Waals surface area contributed by atoms with E-state index in [0.29, 0.717) is 0 Å². The molecule has 0 spiro atoms. The highest BCUT2D eigenvalue weighted by Crippen LogP contribution is 2.14. The maximum atomic E-state index is 2.39. The summed E-state index contributed by atoms with van der Waals surface area (Å²) in [6, 6.07) is 0. The second-order valence-electron chi connectivity index (χ2n) is 4.42. The number of hydrogen-bond donors (Lipinski definition) is 0. The third-order valence-electron chi connectivity index (χ3n) is 2.42. The summed E-state index contributed by atoms with van der Waals surface area (Å²) >= 11 is 0. The van der Waals surface area contributed by atoms with Gasteiger partial charge in [-0.25, -0.2) is 0 Å². The van der Waals surface area contributed by atoms with Gasteiger partial charge in [0.25, 0.3) is 0 Å². The summed E-state index contributed by atoms with van der Waals surface area (Å²) in [5.41, 5.74) is 0. The maximum absolute atomic E-state index is 2.39. The predicted octanol–water partition coefficient (Wildman–Crippen LogP) is 3.01. The molecule has 0 aliphatic rings. The standard InChI is InChI=1S/C11H25N/c1-6-12(5)8-7-11(4)9-10(2)3/h10-11H,6-9H2,1-5H3. The Morgan fingerprint density at radius 1 is 1.17 bits per heavy atom. The van der Waals surface area contributed by atoms with E-state index in [4.69, 9.17) is 0 Å². The Morgan fingerprint density at radius 3 is 2.17 bits per heavy atom. The summed E-state index contributed by atoms with van der Waals surface area (Å²) in [7, 11) is 2.20. The lowest BCUT2D eigenvalue weighted by molar-refractivity contribution is 0.302. The Morgan fingerprint density at radius 2 is 1.75 bits per heavy atom. The minimum Gasteiger partial charge on any atom is -0.307 e. The molecule has 0 amide bonds. The minimum absolute atomic E-state index is 0.854. The fourth-order valence-corrected chi connectivity index (χ4v) is 1.52. The van der Waals surface area contributed by atoms with Crippen molar-refractivity contribution >= 4 is 0 Å². The molecule has 74 valence electrons. The van der Waals surface area contributed by atoms with E-state index < -0.39 is 0 Å². The Labute approximate surface area is 78.1 Å². The van der Waals surface area contributed by atoms with E-state index in [1.165, 1.54) is 25.9 Å². The first-order chi connectivity index (χ1) is 5.56. The Balaban J connectivity index is 3.36. The second kappa shape index (κ2) is 6.47. The molecule has 0 bridgehead atoms. The van der Waals surface area contributed by atoms with Crippen LogP contribution in [-0.2, 0) is 0 Å². The molecule has 0 fully saturated rings. The SMILES string of the molecule is CCN(C)CCC(C)CC(C)C. The summed E-state index contributed by atoms with van der Waals surface area (Å²) in [4.78, 5) is 2.39. The quantitative estimate of drug-likeness (QED) is 0.594. The monoisotopic (exact) mass is 171 g/mol.